The van der Waals surface area contributed by atoms with Crippen LogP contribution in [0, 0.1) is 12.8 Å². The number of nitrogens with zero attached hydrogens (tertiary/aromatic N) is 1. The molecule has 1 aromatic rings. The van der Waals surface area contributed by atoms with E-state index < -0.39 is 10.0 Å². The molecule has 1 aliphatic rings. The minimum Gasteiger partial charge on any atom is -0.328 e. The number of rotatable bonds is 3. The number of nitrogens with two attached hydrogens (primary N) is 1. The summed E-state index contributed by atoms with van der Waals surface area (Å²) in [7, 11) is -3.46. The van der Waals surface area contributed by atoms with Gasteiger partial charge in [0, 0.05) is 24.2 Å². The summed E-state index contributed by atoms with van der Waals surface area (Å²) in [5.41, 5.74) is 6.60. The number of hydrogen-bond donors (Lipinski definition) is 1. The molecule has 2 N–H and O–H groups in total. The van der Waals surface area contributed by atoms with Gasteiger partial charge in [0.25, 0.3) is 0 Å². The summed E-state index contributed by atoms with van der Waals surface area (Å²) in [5, 5.41) is 0.550. The van der Waals surface area contributed by atoms with Crippen molar-refractivity contribution < 1.29 is 8.42 Å². The summed E-state index contributed by atoms with van der Waals surface area (Å²) in [4.78, 5) is 0.340. The number of piperidine rings is 1. The van der Waals surface area contributed by atoms with E-state index in [-0.39, 0.29) is 24.4 Å². The Morgan fingerprint density at radius 1 is 1.43 bits per heavy atom. The Labute approximate surface area is 138 Å². The van der Waals surface area contributed by atoms with Gasteiger partial charge in [0.2, 0.25) is 10.0 Å². The third-order valence-corrected chi connectivity index (χ3v) is 6.18. The first-order chi connectivity index (χ1) is 9.32. The van der Waals surface area contributed by atoms with E-state index in [1.807, 2.05) is 6.92 Å². The van der Waals surface area contributed by atoms with Crippen molar-refractivity contribution in [1.82, 2.24) is 4.31 Å². The fourth-order valence-electron chi connectivity index (χ4n) is 2.66. The molecule has 4 nitrogen and oxygen atoms in total. The standard InChI is InChI=1S/C14H21ClN2O2S.ClH/c1-10-8-13(15)5-6-14(10)20(18,19)17-7-3-4-12(9-17)11(2)16;/h5-6,8,11-12H,3-4,7,9,16H2,1-2H3;1H. The normalized spacial score (nSPS) is 21.6. The van der Waals surface area contributed by atoms with Crippen LogP contribution in [0.1, 0.15) is 25.3 Å². The molecule has 2 unspecified atom stereocenters. The van der Waals surface area contributed by atoms with Gasteiger partial charge >= 0.3 is 0 Å². The minimum atomic E-state index is -3.46. The predicted molar refractivity (Wildman–Crippen MR) is 88.6 cm³/mol. The van der Waals surface area contributed by atoms with Gasteiger partial charge in [0.1, 0.15) is 0 Å². The topological polar surface area (TPSA) is 63.4 Å². The molecule has 1 aromatic carbocycles. The van der Waals surface area contributed by atoms with E-state index in [0.717, 1.165) is 12.8 Å². The highest BCUT2D eigenvalue weighted by atomic mass is 35.5. The van der Waals surface area contributed by atoms with Crippen molar-refractivity contribution in [1.29, 1.82) is 0 Å². The van der Waals surface area contributed by atoms with Crippen molar-refractivity contribution in [3.8, 4) is 0 Å². The molecule has 1 fully saturated rings. The minimum absolute atomic E-state index is 0. The lowest BCUT2D eigenvalue weighted by atomic mass is 9.93. The summed E-state index contributed by atoms with van der Waals surface area (Å²) in [5.74, 6) is 0.228. The Morgan fingerprint density at radius 3 is 2.67 bits per heavy atom. The Hall–Kier alpha value is -0.330. The Balaban J connectivity index is 0.00000220. The van der Waals surface area contributed by atoms with Gasteiger partial charge in [0.05, 0.1) is 4.90 Å². The maximum atomic E-state index is 12.7. The number of hydrogen-bond acceptors (Lipinski definition) is 3. The van der Waals surface area contributed by atoms with Crippen LogP contribution in [-0.2, 0) is 10.0 Å². The summed E-state index contributed by atoms with van der Waals surface area (Å²) in [6.45, 7) is 4.77. The van der Waals surface area contributed by atoms with Crippen LogP contribution in [0.5, 0.6) is 0 Å². The average Bonchev–Trinajstić information content (AvgIpc) is 2.38. The molecule has 0 amide bonds. The third kappa shape index (κ3) is 4.11. The first-order valence-corrected chi connectivity index (χ1v) is 8.66. The number of sulfonamides is 1. The van der Waals surface area contributed by atoms with Crippen molar-refractivity contribution >= 4 is 34.0 Å². The van der Waals surface area contributed by atoms with E-state index in [4.69, 9.17) is 17.3 Å². The number of benzene rings is 1. The van der Waals surface area contributed by atoms with Crippen LogP contribution >= 0.6 is 24.0 Å². The second-order valence-electron chi connectivity index (χ2n) is 5.53. The van der Waals surface area contributed by atoms with E-state index in [1.54, 1.807) is 29.4 Å². The first kappa shape index (κ1) is 18.7. The zero-order chi connectivity index (χ0) is 14.9. The maximum Gasteiger partial charge on any atom is 0.243 e. The van der Waals surface area contributed by atoms with Crippen molar-refractivity contribution in [2.24, 2.45) is 11.7 Å². The Bertz CT molecular complexity index is 591. The molecule has 0 radical (unpaired) electrons. The zero-order valence-corrected chi connectivity index (χ0v) is 14.6. The van der Waals surface area contributed by atoms with Gasteiger partial charge in [-0.2, -0.15) is 4.31 Å². The first-order valence-electron chi connectivity index (χ1n) is 6.84. The van der Waals surface area contributed by atoms with Crippen LogP contribution in [0.15, 0.2) is 23.1 Å². The SMILES string of the molecule is Cc1cc(Cl)ccc1S(=O)(=O)N1CCCC(C(C)N)C1.Cl. The highest BCUT2D eigenvalue weighted by Crippen LogP contribution is 2.27. The largest absolute Gasteiger partial charge is 0.328 e. The van der Waals surface area contributed by atoms with Gasteiger partial charge in [-0.1, -0.05) is 11.6 Å². The van der Waals surface area contributed by atoms with Crippen LogP contribution in [0.2, 0.25) is 5.02 Å². The second-order valence-corrected chi connectivity index (χ2v) is 7.88. The molecule has 7 heteroatoms. The molecule has 0 aromatic heterocycles. The summed E-state index contributed by atoms with van der Waals surface area (Å²) < 4.78 is 27.0. The van der Waals surface area contributed by atoms with Crippen LogP contribution in [0.3, 0.4) is 0 Å². The molecular formula is C14H22Cl2N2O2S. The van der Waals surface area contributed by atoms with Crippen molar-refractivity contribution in [3.63, 3.8) is 0 Å². The van der Waals surface area contributed by atoms with Gasteiger partial charge in [-0.05, 0) is 56.4 Å². The van der Waals surface area contributed by atoms with Crippen molar-refractivity contribution in [2.75, 3.05) is 13.1 Å². The molecule has 1 heterocycles. The third-order valence-electron chi connectivity index (χ3n) is 3.92. The summed E-state index contributed by atoms with van der Waals surface area (Å²) in [6, 6.07) is 4.90. The number of aryl methyl sites for hydroxylation is 1. The van der Waals surface area contributed by atoms with Crippen LogP contribution in [0.4, 0.5) is 0 Å². The average molecular weight is 353 g/mol. The highest BCUT2D eigenvalue weighted by Gasteiger charge is 2.32. The second kappa shape index (κ2) is 7.29. The molecule has 2 rings (SSSR count). The monoisotopic (exact) mass is 352 g/mol. The van der Waals surface area contributed by atoms with Crippen molar-refractivity contribution in [2.45, 2.75) is 37.6 Å². The fourth-order valence-corrected chi connectivity index (χ4v) is 4.63. The lowest BCUT2D eigenvalue weighted by Crippen LogP contribution is -2.45. The van der Waals surface area contributed by atoms with Crippen LogP contribution in [0.25, 0.3) is 0 Å². The molecular weight excluding hydrogens is 331 g/mol. The van der Waals surface area contributed by atoms with Gasteiger partial charge < -0.3 is 5.73 Å². The molecule has 0 aliphatic carbocycles. The fraction of sp³-hybridized carbons (Fsp3) is 0.571. The van der Waals surface area contributed by atoms with Gasteiger partial charge in [0.15, 0.2) is 0 Å². The molecule has 21 heavy (non-hydrogen) atoms. The van der Waals surface area contributed by atoms with Gasteiger partial charge in [-0.3, -0.25) is 0 Å². The van der Waals surface area contributed by atoms with Gasteiger partial charge in [-0.15, -0.1) is 12.4 Å². The zero-order valence-electron chi connectivity index (χ0n) is 12.3. The van der Waals surface area contributed by atoms with Crippen LogP contribution < -0.4 is 5.73 Å². The molecule has 0 spiro atoms. The quantitative estimate of drug-likeness (QED) is 0.909. The van der Waals surface area contributed by atoms with E-state index in [1.165, 1.54) is 0 Å². The molecule has 2 atom stereocenters. The smallest absolute Gasteiger partial charge is 0.243 e. The maximum absolute atomic E-state index is 12.7. The Morgan fingerprint density at radius 2 is 2.10 bits per heavy atom. The highest BCUT2D eigenvalue weighted by molar-refractivity contribution is 7.89. The summed E-state index contributed by atoms with van der Waals surface area (Å²) in [6.07, 6.45) is 1.85. The Kier molecular flexibility index (Phi) is 6.50. The molecule has 1 saturated heterocycles. The number of halogens is 2. The molecule has 0 saturated carbocycles. The molecule has 0 bridgehead atoms. The molecule has 1 aliphatic heterocycles. The van der Waals surface area contributed by atoms with E-state index >= 15 is 0 Å². The van der Waals surface area contributed by atoms with Crippen molar-refractivity contribution in [3.05, 3.63) is 28.8 Å². The molecule has 120 valence electrons. The van der Waals surface area contributed by atoms with E-state index in [2.05, 4.69) is 0 Å². The summed E-state index contributed by atoms with van der Waals surface area (Å²) >= 11 is 5.89. The van der Waals surface area contributed by atoms with Crippen LogP contribution in [-0.4, -0.2) is 31.9 Å². The van der Waals surface area contributed by atoms with Gasteiger partial charge in [-0.25, -0.2) is 8.42 Å². The van der Waals surface area contributed by atoms with E-state index in [0.29, 0.717) is 28.6 Å². The van der Waals surface area contributed by atoms with E-state index in [9.17, 15) is 8.42 Å². The predicted octanol–water partition coefficient (Wildman–Crippen LogP) is 2.82. The lowest BCUT2D eigenvalue weighted by molar-refractivity contribution is 0.243. The lowest BCUT2D eigenvalue weighted by Gasteiger charge is -2.34.